The quantitative estimate of drug-likeness (QED) is 0.0676. The number of H-pyrrole nitrogens is 2. The van der Waals surface area contributed by atoms with E-state index in [1.54, 1.807) is 0 Å². The van der Waals surface area contributed by atoms with E-state index in [1.165, 1.54) is 86.8 Å². The van der Waals surface area contributed by atoms with Crippen LogP contribution in [-0.4, -0.2) is 95.2 Å². The molecule has 2 aliphatic rings. The van der Waals surface area contributed by atoms with Crippen LogP contribution in [0.5, 0.6) is 0 Å². The zero-order chi connectivity index (χ0) is 41.6. The van der Waals surface area contributed by atoms with Crippen molar-refractivity contribution in [1.29, 1.82) is 0 Å². The van der Waals surface area contributed by atoms with E-state index < -0.39 is 0 Å². The summed E-state index contributed by atoms with van der Waals surface area (Å²) in [7, 11) is 0. The lowest BCUT2D eigenvalue weighted by Crippen LogP contribution is -2.26. The van der Waals surface area contributed by atoms with Gasteiger partial charge in [0.1, 0.15) is 0 Å². The number of hydrogen-bond acceptors (Lipinski definition) is 6. The van der Waals surface area contributed by atoms with Crippen LogP contribution in [0.25, 0.3) is 44.4 Å². The second-order valence-electron chi connectivity index (χ2n) is 16.6. The molecule has 0 atom stereocenters. The number of rotatable bonds is 24. The Hall–Kier alpha value is -3.56. The highest BCUT2D eigenvalue weighted by molar-refractivity contribution is 5.95. The summed E-state index contributed by atoms with van der Waals surface area (Å²) < 4.78 is 0. The first-order valence-corrected chi connectivity index (χ1v) is 23.2. The maximum atomic E-state index is 5.48. The molecule has 8 nitrogen and oxygen atoms in total. The molecule has 8 bridgehead atoms. The van der Waals surface area contributed by atoms with Gasteiger partial charge < -0.3 is 30.4 Å². The van der Waals surface area contributed by atoms with Crippen molar-refractivity contribution in [2.75, 3.05) is 65.4 Å². The van der Waals surface area contributed by atoms with Gasteiger partial charge in [-0.3, -0.25) is 0 Å². The zero-order valence-corrected chi connectivity index (χ0v) is 38.2. The molecule has 5 heterocycles. The van der Waals surface area contributed by atoms with Crippen molar-refractivity contribution >= 4 is 44.4 Å². The van der Waals surface area contributed by atoms with Crippen molar-refractivity contribution in [3.8, 4) is 0 Å². The molecule has 5 rings (SSSR count). The molecule has 3 aromatic rings. The van der Waals surface area contributed by atoms with Crippen LogP contribution in [0, 0.1) is 13.8 Å². The molecule has 0 saturated carbocycles. The Bertz CT molecular complexity index is 2030. The van der Waals surface area contributed by atoms with Gasteiger partial charge in [-0.25, -0.2) is 9.97 Å². The van der Waals surface area contributed by atoms with Crippen molar-refractivity contribution in [1.82, 2.24) is 40.4 Å². The number of hydrogen-bond donors (Lipinski definition) is 4. The first-order chi connectivity index (χ1) is 28.2. The minimum Gasteiger partial charge on any atom is -0.355 e. The third-order valence-electron chi connectivity index (χ3n) is 12.9. The van der Waals surface area contributed by atoms with Gasteiger partial charge in [0, 0.05) is 22.1 Å². The summed E-state index contributed by atoms with van der Waals surface area (Å²) in [4.78, 5) is 23.9. The van der Waals surface area contributed by atoms with Crippen LogP contribution in [0.4, 0.5) is 0 Å². The standard InChI is InChI=1S/C50H78N8/c1-11-39-35(7)43-31-44-37(9)41(23-21-29-57(15-5)27-19-17-25-51-13-3)49(55-44)34-50-42(24-22-30-58(16-6)28-20-18-26-52-14-4)38(10)46(56-50)33-48-40(12-2)36(8)45(54-48)32-47(39)53-43/h31-34,51-54H,11-30H2,1-10H3. The molecule has 318 valence electrons. The van der Waals surface area contributed by atoms with Gasteiger partial charge in [0.05, 0.1) is 22.8 Å². The van der Waals surface area contributed by atoms with E-state index in [0.29, 0.717) is 0 Å². The SMILES string of the molecule is CCNCCCCN(CC)CCCC1=C(C)c2cc3[nH]c(cc4[nH]c(cc5nc(cc1n2)C(CCCN(CC)CCCCNCC)=C5C)c(CC)c4C)c(CC)c3C. The minimum absolute atomic E-state index is 0.965. The van der Waals surface area contributed by atoms with E-state index in [4.69, 9.17) is 9.97 Å². The lowest BCUT2D eigenvalue weighted by Gasteiger charge is -2.20. The van der Waals surface area contributed by atoms with Gasteiger partial charge >= 0.3 is 0 Å². The van der Waals surface area contributed by atoms with Crippen LogP contribution in [0.15, 0.2) is 24.3 Å². The summed E-state index contributed by atoms with van der Waals surface area (Å²) in [6.45, 7) is 33.7. The fourth-order valence-electron chi connectivity index (χ4n) is 9.10. The molecule has 3 aromatic heterocycles. The second-order valence-corrected chi connectivity index (χ2v) is 16.6. The topological polar surface area (TPSA) is 87.9 Å². The number of aromatic amines is 2. The fraction of sp³-hybridized carbons (Fsp3) is 0.600. The van der Waals surface area contributed by atoms with Crippen molar-refractivity contribution in [2.45, 2.75) is 133 Å². The van der Waals surface area contributed by atoms with Gasteiger partial charge in [-0.1, -0.05) is 41.5 Å². The molecule has 4 N–H and O–H groups in total. The smallest absolute Gasteiger partial charge is 0.0694 e. The average Bonchev–Trinajstić information content (AvgIpc) is 3.88. The van der Waals surface area contributed by atoms with E-state index >= 15 is 0 Å². The van der Waals surface area contributed by atoms with Crippen LogP contribution in [0.2, 0.25) is 0 Å². The van der Waals surface area contributed by atoms with Crippen molar-refractivity contribution in [3.05, 3.63) is 69.3 Å². The zero-order valence-electron chi connectivity index (χ0n) is 38.2. The predicted molar refractivity (Wildman–Crippen MR) is 252 cm³/mol. The highest BCUT2D eigenvalue weighted by Gasteiger charge is 2.22. The minimum atomic E-state index is 0.965. The molecule has 8 heteroatoms. The van der Waals surface area contributed by atoms with Crippen molar-refractivity contribution < 1.29 is 0 Å². The third kappa shape index (κ3) is 11.4. The van der Waals surface area contributed by atoms with Crippen LogP contribution in [0.1, 0.15) is 152 Å². The number of allylic oxidation sites excluding steroid dienone is 4. The lowest BCUT2D eigenvalue weighted by atomic mass is 9.98. The Morgan fingerprint density at radius 1 is 0.483 bits per heavy atom. The average molecular weight is 791 g/mol. The van der Waals surface area contributed by atoms with Gasteiger partial charge in [0.25, 0.3) is 0 Å². The highest BCUT2D eigenvalue weighted by atomic mass is 15.1. The monoisotopic (exact) mass is 791 g/mol. The Labute approximate surface area is 351 Å². The summed E-state index contributed by atoms with van der Waals surface area (Å²) in [6.07, 6.45) is 11.1. The molecule has 0 unspecified atom stereocenters. The molecule has 0 fully saturated rings. The molecule has 0 radical (unpaired) electrons. The van der Waals surface area contributed by atoms with E-state index in [1.807, 2.05) is 0 Å². The number of aryl methyl sites for hydroxylation is 4. The lowest BCUT2D eigenvalue weighted by molar-refractivity contribution is 0.279. The molecular weight excluding hydrogens is 713 g/mol. The van der Waals surface area contributed by atoms with E-state index in [-0.39, 0.29) is 0 Å². The summed E-state index contributed by atoms with van der Waals surface area (Å²) in [5, 5.41) is 6.96. The van der Waals surface area contributed by atoms with Gasteiger partial charge in [-0.05, 0) is 226 Å². The molecule has 58 heavy (non-hydrogen) atoms. The van der Waals surface area contributed by atoms with Crippen molar-refractivity contribution in [2.24, 2.45) is 0 Å². The van der Waals surface area contributed by atoms with Crippen LogP contribution >= 0.6 is 0 Å². The Morgan fingerprint density at radius 3 is 1.33 bits per heavy atom. The Morgan fingerprint density at radius 2 is 0.897 bits per heavy atom. The van der Waals surface area contributed by atoms with Crippen LogP contribution < -0.4 is 10.6 Å². The van der Waals surface area contributed by atoms with Crippen LogP contribution in [0.3, 0.4) is 0 Å². The fourth-order valence-corrected chi connectivity index (χ4v) is 9.10. The molecule has 0 aromatic carbocycles. The summed E-state index contributed by atoms with van der Waals surface area (Å²) in [5.74, 6) is 0. The van der Waals surface area contributed by atoms with Crippen LogP contribution in [-0.2, 0) is 12.8 Å². The molecule has 0 amide bonds. The van der Waals surface area contributed by atoms with Gasteiger partial charge in [0.15, 0.2) is 0 Å². The Kier molecular flexibility index (Phi) is 17.8. The largest absolute Gasteiger partial charge is 0.355 e. The first-order valence-electron chi connectivity index (χ1n) is 23.2. The normalized spacial score (nSPS) is 13.3. The second kappa shape index (κ2) is 22.7. The number of nitrogens with one attached hydrogen (secondary N) is 4. The number of aromatic nitrogens is 4. The highest BCUT2D eigenvalue weighted by Crippen LogP contribution is 2.38. The third-order valence-corrected chi connectivity index (χ3v) is 12.9. The molecule has 2 aliphatic heterocycles. The number of nitrogens with zero attached hydrogens (tertiary/aromatic N) is 4. The van der Waals surface area contributed by atoms with Crippen molar-refractivity contribution in [3.63, 3.8) is 0 Å². The molecular formula is C50H78N8. The number of fused-ring (bicyclic) bond motifs is 8. The number of unbranched alkanes of at least 4 members (excludes halogenated alkanes) is 2. The maximum Gasteiger partial charge on any atom is 0.0694 e. The molecule has 0 spiro atoms. The van der Waals surface area contributed by atoms with E-state index in [0.717, 1.165) is 132 Å². The van der Waals surface area contributed by atoms with Gasteiger partial charge in [-0.15, -0.1) is 0 Å². The molecule has 0 saturated heterocycles. The predicted octanol–water partition coefficient (Wildman–Crippen LogP) is 10.9. The van der Waals surface area contributed by atoms with Gasteiger partial charge in [0.2, 0.25) is 0 Å². The summed E-state index contributed by atoms with van der Waals surface area (Å²) in [5.41, 5.74) is 19.7. The summed E-state index contributed by atoms with van der Waals surface area (Å²) >= 11 is 0. The molecule has 0 aliphatic carbocycles. The Balaban J connectivity index is 1.58. The first kappa shape index (κ1) is 45.5. The maximum absolute atomic E-state index is 5.48. The van der Waals surface area contributed by atoms with E-state index in [2.05, 4.69) is 124 Å². The van der Waals surface area contributed by atoms with E-state index in [9.17, 15) is 0 Å². The van der Waals surface area contributed by atoms with Gasteiger partial charge in [-0.2, -0.15) is 0 Å². The summed E-state index contributed by atoms with van der Waals surface area (Å²) in [6, 6.07) is 9.30.